The average Bonchev–Trinajstić information content (AvgIpc) is 3.16. The second kappa shape index (κ2) is 5.24. The summed E-state index contributed by atoms with van der Waals surface area (Å²) >= 11 is 0. The molecule has 23 heavy (non-hydrogen) atoms. The zero-order chi connectivity index (χ0) is 15.8. The van der Waals surface area contributed by atoms with Gasteiger partial charge in [-0.2, -0.15) is 0 Å². The zero-order valence-electron chi connectivity index (χ0n) is 12.0. The van der Waals surface area contributed by atoms with Gasteiger partial charge >= 0.3 is 5.76 Å². The number of rotatable bonds is 3. The Morgan fingerprint density at radius 1 is 1.13 bits per heavy atom. The molecule has 0 bridgehead atoms. The van der Waals surface area contributed by atoms with E-state index in [1.807, 2.05) is 30.5 Å². The van der Waals surface area contributed by atoms with Crippen molar-refractivity contribution < 1.29 is 8.91 Å². The fourth-order valence-corrected chi connectivity index (χ4v) is 2.63. The minimum Gasteiger partial charge on any atom is -0.343 e. The van der Waals surface area contributed by atoms with E-state index < -0.39 is 5.76 Å². The number of nitrogens with one attached hydrogen (secondary N) is 1. The number of nitrogens with zero attached hydrogens (tertiary/aromatic N) is 2. The van der Waals surface area contributed by atoms with Crippen molar-refractivity contribution in [3.63, 3.8) is 0 Å². The molecule has 2 heterocycles. The van der Waals surface area contributed by atoms with Crippen LogP contribution in [-0.4, -0.2) is 14.7 Å². The van der Waals surface area contributed by atoms with E-state index in [1.165, 1.54) is 12.1 Å². The summed E-state index contributed by atoms with van der Waals surface area (Å²) < 4.78 is 19.6. The van der Waals surface area contributed by atoms with Crippen molar-refractivity contribution in [2.45, 2.75) is 6.54 Å². The number of H-pyrrole nitrogens is 1. The summed E-state index contributed by atoms with van der Waals surface area (Å²) in [5, 5.41) is 4.71. The fourth-order valence-electron chi connectivity index (χ4n) is 2.63. The van der Waals surface area contributed by atoms with E-state index in [0.717, 1.165) is 22.0 Å². The lowest BCUT2D eigenvalue weighted by atomic mass is 10.1. The summed E-state index contributed by atoms with van der Waals surface area (Å²) in [6.07, 6.45) is 1.98. The second-order valence-electron chi connectivity index (χ2n) is 5.29. The maximum Gasteiger partial charge on any atom is 0.439 e. The molecule has 0 aliphatic rings. The van der Waals surface area contributed by atoms with Crippen LogP contribution in [0.25, 0.3) is 22.3 Å². The molecule has 0 aliphatic heterocycles. The van der Waals surface area contributed by atoms with Gasteiger partial charge in [0.05, 0.1) is 0 Å². The van der Waals surface area contributed by atoms with E-state index >= 15 is 0 Å². The Labute approximate surface area is 130 Å². The maximum atomic E-state index is 13.0. The van der Waals surface area contributed by atoms with Gasteiger partial charge in [0.2, 0.25) is 0 Å². The highest BCUT2D eigenvalue weighted by Gasteiger charge is 2.08. The van der Waals surface area contributed by atoms with Gasteiger partial charge in [-0.3, -0.25) is 9.51 Å². The summed E-state index contributed by atoms with van der Waals surface area (Å²) in [5.41, 5.74) is 2.85. The number of halogens is 1. The van der Waals surface area contributed by atoms with Crippen LogP contribution in [0.1, 0.15) is 5.56 Å². The molecule has 1 N–H and O–H groups in total. The molecular formula is C17H12FN3O2. The third-order valence-corrected chi connectivity index (χ3v) is 3.75. The molecule has 0 fully saturated rings. The van der Waals surface area contributed by atoms with Crippen molar-refractivity contribution in [1.82, 2.24) is 14.7 Å². The molecule has 114 valence electrons. The molecule has 0 amide bonds. The molecule has 4 rings (SSSR count). The maximum absolute atomic E-state index is 13.0. The first-order valence-corrected chi connectivity index (χ1v) is 7.09. The van der Waals surface area contributed by atoms with E-state index in [0.29, 0.717) is 12.4 Å². The third kappa shape index (κ3) is 2.55. The van der Waals surface area contributed by atoms with Gasteiger partial charge in [0.1, 0.15) is 5.82 Å². The van der Waals surface area contributed by atoms with Crippen LogP contribution in [0.15, 0.2) is 64.0 Å². The molecule has 0 radical (unpaired) electrons. The zero-order valence-corrected chi connectivity index (χ0v) is 12.0. The van der Waals surface area contributed by atoms with Crippen LogP contribution in [0, 0.1) is 5.82 Å². The number of hydrogen-bond acceptors (Lipinski definition) is 3. The number of hydrogen-bond donors (Lipinski definition) is 1. The lowest BCUT2D eigenvalue weighted by molar-refractivity contribution is 0.388. The van der Waals surface area contributed by atoms with E-state index in [-0.39, 0.29) is 5.82 Å². The SMILES string of the molecule is O=c1[nH]c(-c2ccc3c(ccn3Cc3ccc(F)cc3)c2)no1. The molecule has 2 aromatic carbocycles. The van der Waals surface area contributed by atoms with Crippen LogP contribution in [0.2, 0.25) is 0 Å². The largest absolute Gasteiger partial charge is 0.439 e. The highest BCUT2D eigenvalue weighted by Crippen LogP contribution is 2.23. The Morgan fingerprint density at radius 2 is 1.96 bits per heavy atom. The van der Waals surface area contributed by atoms with Gasteiger partial charge in [-0.25, -0.2) is 9.18 Å². The van der Waals surface area contributed by atoms with Crippen molar-refractivity contribution in [2.24, 2.45) is 0 Å². The van der Waals surface area contributed by atoms with E-state index in [4.69, 9.17) is 0 Å². The molecule has 2 aromatic heterocycles. The number of benzene rings is 2. The Hall–Kier alpha value is -3.15. The van der Waals surface area contributed by atoms with Gasteiger partial charge in [-0.15, -0.1) is 0 Å². The lowest BCUT2D eigenvalue weighted by Crippen LogP contribution is -1.98. The summed E-state index contributed by atoms with van der Waals surface area (Å²) in [6.45, 7) is 0.657. The summed E-state index contributed by atoms with van der Waals surface area (Å²) in [6, 6.07) is 14.2. The molecule has 0 spiro atoms. The van der Waals surface area contributed by atoms with Crippen molar-refractivity contribution in [2.75, 3.05) is 0 Å². The quantitative estimate of drug-likeness (QED) is 0.632. The van der Waals surface area contributed by atoms with Crippen molar-refractivity contribution in [3.05, 3.63) is 76.7 Å². The Morgan fingerprint density at radius 3 is 2.70 bits per heavy atom. The number of aromatic nitrogens is 3. The standard InChI is InChI=1S/C17H12FN3O2/c18-14-4-1-11(2-5-14)10-21-8-7-12-9-13(3-6-15(12)21)16-19-17(22)23-20-16/h1-9H,10H2,(H,19,20,22). The van der Waals surface area contributed by atoms with Crippen molar-refractivity contribution in [1.29, 1.82) is 0 Å². The minimum absolute atomic E-state index is 0.239. The molecule has 6 heteroatoms. The molecule has 0 aliphatic carbocycles. The average molecular weight is 309 g/mol. The topological polar surface area (TPSA) is 63.8 Å². The van der Waals surface area contributed by atoms with Gasteiger partial charge < -0.3 is 4.57 Å². The van der Waals surface area contributed by atoms with Gasteiger partial charge in [0.15, 0.2) is 5.82 Å². The molecule has 0 saturated heterocycles. The van der Waals surface area contributed by atoms with Gasteiger partial charge in [-0.05, 0) is 42.0 Å². The predicted octanol–water partition coefficient (Wildman–Crippen LogP) is 3.17. The third-order valence-electron chi connectivity index (χ3n) is 3.75. The highest BCUT2D eigenvalue weighted by atomic mass is 19.1. The highest BCUT2D eigenvalue weighted by molar-refractivity contribution is 5.84. The Kier molecular flexibility index (Phi) is 3.08. The summed E-state index contributed by atoms with van der Waals surface area (Å²) in [5.74, 6) is -0.408. The molecule has 4 aromatic rings. The summed E-state index contributed by atoms with van der Waals surface area (Å²) in [7, 11) is 0. The van der Waals surface area contributed by atoms with Crippen LogP contribution in [0.4, 0.5) is 4.39 Å². The molecule has 5 nitrogen and oxygen atoms in total. The van der Waals surface area contributed by atoms with Crippen molar-refractivity contribution >= 4 is 10.9 Å². The van der Waals surface area contributed by atoms with Crippen molar-refractivity contribution in [3.8, 4) is 11.4 Å². The normalized spacial score (nSPS) is 11.2. The number of fused-ring (bicyclic) bond motifs is 1. The Bertz CT molecular complexity index is 1030. The Balaban J connectivity index is 1.70. The monoisotopic (exact) mass is 309 g/mol. The van der Waals surface area contributed by atoms with Crippen LogP contribution >= 0.6 is 0 Å². The van der Waals surface area contributed by atoms with Gasteiger partial charge in [0.25, 0.3) is 0 Å². The van der Waals surface area contributed by atoms with Crippen LogP contribution in [0.3, 0.4) is 0 Å². The van der Waals surface area contributed by atoms with E-state index in [2.05, 4.69) is 19.2 Å². The van der Waals surface area contributed by atoms with Crippen LogP contribution < -0.4 is 5.76 Å². The smallest absolute Gasteiger partial charge is 0.343 e. The molecule has 0 unspecified atom stereocenters. The number of aromatic amines is 1. The first-order valence-electron chi connectivity index (χ1n) is 7.09. The van der Waals surface area contributed by atoms with E-state index in [1.54, 1.807) is 12.1 Å². The minimum atomic E-state index is -0.575. The molecular weight excluding hydrogens is 297 g/mol. The molecule has 0 saturated carbocycles. The predicted molar refractivity (Wildman–Crippen MR) is 83.6 cm³/mol. The fraction of sp³-hybridized carbons (Fsp3) is 0.0588. The van der Waals surface area contributed by atoms with E-state index in [9.17, 15) is 9.18 Å². The first kappa shape index (κ1) is 13.5. The lowest BCUT2D eigenvalue weighted by Gasteiger charge is -2.06. The van der Waals surface area contributed by atoms with Crippen LogP contribution in [0.5, 0.6) is 0 Å². The van der Waals surface area contributed by atoms with Crippen LogP contribution in [-0.2, 0) is 6.54 Å². The second-order valence-corrected chi connectivity index (χ2v) is 5.29. The molecule has 0 atom stereocenters. The first-order chi connectivity index (χ1) is 11.2. The van der Waals surface area contributed by atoms with Gasteiger partial charge in [-0.1, -0.05) is 17.3 Å². The summed E-state index contributed by atoms with van der Waals surface area (Å²) in [4.78, 5) is 13.6. The van der Waals surface area contributed by atoms with Gasteiger partial charge in [0, 0.05) is 29.2 Å².